The van der Waals surface area contributed by atoms with Crippen molar-refractivity contribution in [2.75, 3.05) is 40.3 Å². The summed E-state index contributed by atoms with van der Waals surface area (Å²) in [6.45, 7) is 9.80. The number of nitrogens with one attached hydrogen (secondary N) is 1. The highest BCUT2D eigenvalue weighted by Gasteiger charge is 2.33. The topological polar surface area (TPSA) is 18.5 Å². The maximum atomic E-state index is 3.74. The van der Waals surface area contributed by atoms with E-state index in [1.54, 1.807) is 0 Å². The lowest BCUT2D eigenvalue weighted by Crippen LogP contribution is -2.46. The Morgan fingerprint density at radius 2 is 2.00 bits per heavy atom. The van der Waals surface area contributed by atoms with Gasteiger partial charge < -0.3 is 10.2 Å². The van der Waals surface area contributed by atoms with E-state index >= 15 is 0 Å². The Hall–Kier alpha value is -0.120. The summed E-state index contributed by atoms with van der Waals surface area (Å²) < 4.78 is 0. The van der Waals surface area contributed by atoms with Gasteiger partial charge in [0, 0.05) is 31.7 Å². The molecule has 1 saturated heterocycles. The fraction of sp³-hybridized carbons (Fsp3) is 1.00. The van der Waals surface area contributed by atoms with Crippen LogP contribution in [0.25, 0.3) is 0 Å². The van der Waals surface area contributed by atoms with Gasteiger partial charge in [0.2, 0.25) is 0 Å². The molecule has 0 amide bonds. The standard InChI is InChI=1S/C16H33N3/c1-5-16(2,12-17-14-8-9-14)13-19-10-6-7-15(19)11-18(3)4/h14-15,17H,5-13H2,1-4H3. The van der Waals surface area contributed by atoms with Crippen LogP contribution in [0.5, 0.6) is 0 Å². The maximum absolute atomic E-state index is 3.74. The first-order valence-electron chi connectivity index (χ1n) is 8.14. The SMILES string of the molecule is CCC(C)(CNC1CC1)CN1CCCC1CN(C)C. The van der Waals surface area contributed by atoms with Gasteiger partial charge in [0.1, 0.15) is 0 Å². The Labute approximate surface area is 119 Å². The third-order valence-electron chi connectivity index (χ3n) is 4.91. The first-order valence-corrected chi connectivity index (χ1v) is 8.14. The average Bonchev–Trinajstić information content (AvgIpc) is 3.10. The van der Waals surface area contributed by atoms with Gasteiger partial charge in [-0.3, -0.25) is 4.90 Å². The van der Waals surface area contributed by atoms with Crippen LogP contribution in [-0.2, 0) is 0 Å². The molecule has 1 aliphatic carbocycles. The van der Waals surface area contributed by atoms with Crippen LogP contribution in [0.1, 0.15) is 46.0 Å². The van der Waals surface area contributed by atoms with Crippen molar-refractivity contribution in [3.63, 3.8) is 0 Å². The molecule has 1 aliphatic heterocycles. The van der Waals surface area contributed by atoms with Crippen molar-refractivity contribution in [3.05, 3.63) is 0 Å². The molecular formula is C16H33N3. The van der Waals surface area contributed by atoms with E-state index in [0.717, 1.165) is 12.1 Å². The maximum Gasteiger partial charge on any atom is 0.0223 e. The predicted octanol–water partition coefficient (Wildman–Crippen LogP) is 2.18. The Morgan fingerprint density at radius 1 is 1.26 bits per heavy atom. The molecule has 3 nitrogen and oxygen atoms in total. The largest absolute Gasteiger partial charge is 0.313 e. The lowest BCUT2D eigenvalue weighted by atomic mass is 9.86. The molecule has 19 heavy (non-hydrogen) atoms. The Kier molecular flexibility index (Phi) is 5.27. The minimum absolute atomic E-state index is 0.442. The Bertz CT molecular complexity index is 275. The van der Waals surface area contributed by atoms with Crippen LogP contribution in [0.4, 0.5) is 0 Å². The second-order valence-corrected chi connectivity index (χ2v) is 7.35. The molecule has 3 heteroatoms. The monoisotopic (exact) mass is 267 g/mol. The van der Waals surface area contributed by atoms with Crippen LogP contribution in [0.3, 0.4) is 0 Å². The molecular weight excluding hydrogens is 234 g/mol. The molecule has 2 aliphatic rings. The Morgan fingerprint density at radius 3 is 2.58 bits per heavy atom. The molecule has 0 aromatic carbocycles. The van der Waals surface area contributed by atoms with Crippen molar-refractivity contribution in [3.8, 4) is 0 Å². The van der Waals surface area contributed by atoms with Gasteiger partial charge in [-0.1, -0.05) is 13.8 Å². The molecule has 112 valence electrons. The van der Waals surface area contributed by atoms with Crippen molar-refractivity contribution in [2.45, 2.75) is 58.0 Å². The van der Waals surface area contributed by atoms with Gasteiger partial charge >= 0.3 is 0 Å². The zero-order valence-electron chi connectivity index (χ0n) is 13.4. The van der Waals surface area contributed by atoms with E-state index in [9.17, 15) is 0 Å². The molecule has 2 atom stereocenters. The van der Waals surface area contributed by atoms with E-state index in [1.807, 2.05) is 0 Å². The summed E-state index contributed by atoms with van der Waals surface area (Å²) in [5.74, 6) is 0. The summed E-state index contributed by atoms with van der Waals surface area (Å²) in [5, 5.41) is 3.74. The third-order valence-corrected chi connectivity index (χ3v) is 4.91. The van der Waals surface area contributed by atoms with Crippen molar-refractivity contribution >= 4 is 0 Å². The summed E-state index contributed by atoms with van der Waals surface area (Å²) in [7, 11) is 4.40. The molecule has 2 unspecified atom stereocenters. The molecule has 2 rings (SSSR count). The number of hydrogen-bond donors (Lipinski definition) is 1. The molecule has 1 N–H and O–H groups in total. The molecule has 0 aromatic heterocycles. The number of likely N-dealkylation sites (N-methyl/N-ethyl adjacent to an activating group) is 1. The van der Waals surface area contributed by atoms with Crippen LogP contribution in [0, 0.1) is 5.41 Å². The van der Waals surface area contributed by atoms with Gasteiger partial charge in [0.05, 0.1) is 0 Å². The second-order valence-electron chi connectivity index (χ2n) is 7.35. The van der Waals surface area contributed by atoms with Gasteiger partial charge in [0.15, 0.2) is 0 Å². The molecule has 2 fully saturated rings. The molecule has 1 heterocycles. The number of rotatable bonds is 8. The number of hydrogen-bond acceptors (Lipinski definition) is 3. The number of likely N-dealkylation sites (tertiary alicyclic amines) is 1. The summed E-state index contributed by atoms with van der Waals surface area (Å²) in [6.07, 6.45) is 6.83. The summed E-state index contributed by atoms with van der Waals surface area (Å²) in [5.41, 5.74) is 0.442. The number of nitrogens with zero attached hydrogens (tertiary/aromatic N) is 2. The fourth-order valence-electron chi connectivity index (χ4n) is 3.19. The molecule has 1 saturated carbocycles. The minimum atomic E-state index is 0.442. The first kappa shape index (κ1) is 15.3. The van der Waals surface area contributed by atoms with Crippen molar-refractivity contribution in [1.82, 2.24) is 15.1 Å². The first-order chi connectivity index (χ1) is 9.02. The van der Waals surface area contributed by atoms with E-state index < -0.39 is 0 Å². The summed E-state index contributed by atoms with van der Waals surface area (Å²) in [4.78, 5) is 5.09. The van der Waals surface area contributed by atoms with Gasteiger partial charge in [-0.15, -0.1) is 0 Å². The van der Waals surface area contributed by atoms with Gasteiger partial charge in [-0.25, -0.2) is 0 Å². The highest BCUT2D eigenvalue weighted by molar-refractivity contribution is 4.90. The molecule has 0 aromatic rings. The molecule has 0 spiro atoms. The van der Waals surface area contributed by atoms with E-state index in [0.29, 0.717) is 5.41 Å². The Balaban J connectivity index is 1.84. The zero-order valence-corrected chi connectivity index (χ0v) is 13.4. The van der Waals surface area contributed by atoms with Gasteiger partial charge in [-0.05, 0) is 58.2 Å². The van der Waals surface area contributed by atoms with Crippen molar-refractivity contribution < 1.29 is 0 Å². The quantitative estimate of drug-likeness (QED) is 0.727. The third kappa shape index (κ3) is 4.73. The zero-order chi connectivity index (χ0) is 13.9. The molecule has 0 bridgehead atoms. The van der Waals surface area contributed by atoms with Crippen LogP contribution < -0.4 is 5.32 Å². The molecule has 0 radical (unpaired) electrons. The average molecular weight is 267 g/mol. The van der Waals surface area contributed by atoms with Crippen molar-refractivity contribution in [2.24, 2.45) is 5.41 Å². The highest BCUT2D eigenvalue weighted by Crippen LogP contribution is 2.29. The van der Waals surface area contributed by atoms with Gasteiger partial charge in [-0.2, -0.15) is 0 Å². The highest BCUT2D eigenvalue weighted by atomic mass is 15.2. The predicted molar refractivity (Wildman–Crippen MR) is 82.6 cm³/mol. The van der Waals surface area contributed by atoms with E-state index in [1.165, 1.54) is 58.3 Å². The van der Waals surface area contributed by atoms with Crippen molar-refractivity contribution in [1.29, 1.82) is 0 Å². The van der Waals surface area contributed by atoms with Crippen LogP contribution >= 0.6 is 0 Å². The van der Waals surface area contributed by atoms with E-state index in [-0.39, 0.29) is 0 Å². The van der Waals surface area contributed by atoms with Crippen LogP contribution in [0.15, 0.2) is 0 Å². The smallest absolute Gasteiger partial charge is 0.0223 e. The minimum Gasteiger partial charge on any atom is -0.313 e. The lowest BCUT2D eigenvalue weighted by molar-refractivity contribution is 0.128. The van der Waals surface area contributed by atoms with Crippen LogP contribution in [-0.4, -0.2) is 62.2 Å². The summed E-state index contributed by atoms with van der Waals surface area (Å²) in [6, 6.07) is 1.61. The van der Waals surface area contributed by atoms with Gasteiger partial charge in [0.25, 0.3) is 0 Å². The van der Waals surface area contributed by atoms with E-state index in [4.69, 9.17) is 0 Å². The fourth-order valence-corrected chi connectivity index (χ4v) is 3.19. The van der Waals surface area contributed by atoms with Crippen LogP contribution in [0.2, 0.25) is 0 Å². The lowest BCUT2D eigenvalue weighted by Gasteiger charge is -2.37. The summed E-state index contributed by atoms with van der Waals surface area (Å²) >= 11 is 0. The second kappa shape index (κ2) is 6.55. The van der Waals surface area contributed by atoms with E-state index in [2.05, 4.69) is 43.1 Å². The normalized spacial score (nSPS) is 27.9.